The topological polar surface area (TPSA) is 76.3 Å². The monoisotopic (exact) mass is 303 g/mol. The summed E-state index contributed by atoms with van der Waals surface area (Å²) >= 11 is 0. The van der Waals surface area contributed by atoms with E-state index in [-0.39, 0.29) is 6.10 Å². The number of hydrogen-bond acceptors (Lipinski definition) is 6. The Kier molecular flexibility index (Phi) is 3.66. The SMILES string of the molecule is CC1CCOC(c2cc(N3C[C@H]4CNC[C@H]4C3)nc(N)n2)C1. The highest BCUT2D eigenvalue weighted by Gasteiger charge is 2.37. The van der Waals surface area contributed by atoms with Gasteiger partial charge in [-0.05, 0) is 30.6 Å². The molecule has 4 rings (SSSR count). The van der Waals surface area contributed by atoms with Gasteiger partial charge < -0.3 is 20.7 Å². The van der Waals surface area contributed by atoms with Gasteiger partial charge in [-0.25, -0.2) is 4.98 Å². The van der Waals surface area contributed by atoms with Crippen molar-refractivity contribution in [2.75, 3.05) is 43.4 Å². The van der Waals surface area contributed by atoms with Crippen molar-refractivity contribution in [3.8, 4) is 0 Å². The highest BCUT2D eigenvalue weighted by Crippen LogP contribution is 2.34. The molecule has 3 aliphatic heterocycles. The average Bonchev–Trinajstić information content (AvgIpc) is 3.08. The molecule has 0 aromatic carbocycles. The molecule has 1 aromatic heterocycles. The minimum absolute atomic E-state index is 0.0663. The van der Waals surface area contributed by atoms with Gasteiger partial charge in [-0.15, -0.1) is 0 Å². The zero-order valence-electron chi connectivity index (χ0n) is 13.2. The van der Waals surface area contributed by atoms with Crippen molar-refractivity contribution in [3.63, 3.8) is 0 Å². The fourth-order valence-electron chi connectivity index (χ4n) is 4.01. The summed E-state index contributed by atoms with van der Waals surface area (Å²) in [5.41, 5.74) is 6.92. The van der Waals surface area contributed by atoms with Crippen molar-refractivity contribution < 1.29 is 4.74 Å². The molecular weight excluding hydrogens is 278 g/mol. The van der Waals surface area contributed by atoms with Gasteiger partial charge in [0.15, 0.2) is 0 Å². The molecule has 2 unspecified atom stereocenters. The Balaban J connectivity index is 1.56. The number of nitrogens with zero attached hydrogens (tertiary/aromatic N) is 3. The van der Waals surface area contributed by atoms with E-state index in [1.807, 2.05) is 0 Å². The Morgan fingerprint density at radius 3 is 2.77 bits per heavy atom. The number of fused-ring (bicyclic) bond motifs is 1. The number of nitrogen functional groups attached to an aromatic ring is 1. The van der Waals surface area contributed by atoms with Crippen LogP contribution >= 0.6 is 0 Å². The molecule has 4 heterocycles. The second-order valence-electron chi connectivity index (χ2n) is 7.08. The van der Waals surface area contributed by atoms with Crippen LogP contribution < -0.4 is 16.0 Å². The number of hydrogen-bond donors (Lipinski definition) is 2. The molecule has 0 spiro atoms. The van der Waals surface area contributed by atoms with E-state index in [2.05, 4.69) is 33.2 Å². The van der Waals surface area contributed by atoms with Crippen LogP contribution in [0.25, 0.3) is 0 Å². The van der Waals surface area contributed by atoms with Crippen LogP contribution in [0.3, 0.4) is 0 Å². The third-order valence-electron chi connectivity index (χ3n) is 5.34. The van der Waals surface area contributed by atoms with Gasteiger partial charge in [-0.3, -0.25) is 0 Å². The minimum Gasteiger partial charge on any atom is -0.372 e. The van der Waals surface area contributed by atoms with Gasteiger partial charge in [-0.2, -0.15) is 4.98 Å². The van der Waals surface area contributed by atoms with E-state index in [4.69, 9.17) is 10.5 Å². The number of aromatic nitrogens is 2. The van der Waals surface area contributed by atoms with Crippen molar-refractivity contribution in [3.05, 3.63) is 11.8 Å². The maximum Gasteiger partial charge on any atom is 0.222 e. The lowest BCUT2D eigenvalue weighted by Crippen LogP contribution is -2.27. The molecule has 0 amide bonds. The summed E-state index contributed by atoms with van der Waals surface area (Å²) in [4.78, 5) is 11.3. The van der Waals surface area contributed by atoms with Gasteiger partial charge in [0, 0.05) is 38.9 Å². The Morgan fingerprint density at radius 1 is 1.27 bits per heavy atom. The second kappa shape index (κ2) is 5.66. The Hall–Kier alpha value is -1.40. The third-order valence-corrected chi connectivity index (χ3v) is 5.34. The Labute approximate surface area is 131 Å². The largest absolute Gasteiger partial charge is 0.372 e. The zero-order chi connectivity index (χ0) is 15.1. The first-order valence-electron chi connectivity index (χ1n) is 8.41. The van der Waals surface area contributed by atoms with Crippen LogP contribution in [0.2, 0.25) is 0 Å². The smallest absolute Gasteiger partial charge is 0.222 e. The molecule has 3 saturated heterocycles. The number of rotatable bonds is 2. The Bertz CT molecular complexity index is 539. The minimum atomic E-state index is 0.0663. The lowest BCUT2D eigenvalue weighted by molar-refractivity contribution is -0.00873. The van der Waals surface area contributed by atoms with Crippen LogP contribution in [0.5, 0.6) is 0 Å². The molecule has 1 aromatic rings. The van der Waals surface area contributed by atoms with Crippen molar-refractivity contribution in [2.24, 2.45) is 17.8 Å². The van der Waals surface area contributed by atoms with Gasteiger partial charge >= 0.3 is 0 Å². The number of ether oxygens (including phenoxy) is 1. The summed E-state index contributed by atoms with van der Waals surface area (Å²) in [6.45, 7) is 7.46. The fraction of sp³-hybridized carbons (Fsp3) is 0.750. The zero-order valence-corrected chi connectivity index (χ0v) is 13.2. The van der Waals surface area contributed by atoms with Crippen molar-refractivity contribution in [1.29, 1.82) is 0 Å². The lowest BCUT2D eigenvalue weighted by atomic mass is 9.96. The molecule has 120 valence electrons. The van der Waals surface area contributed by atoms with Gasteiger partial charge in [0.2, 0.25) is 5.95 Å². The van der Waals surface area contributed by atoms with Crippen molar-refractivity contribution >= 4 is 11.8 Å². The summed E-state index contributed by atoms with van der Waals surface area (Å²) in [5, 5.41) is 3.47. The predicted octanol–water partition coefficient (Wildman–Crippen LogP) is 1.20. The van der Waals surface area contributed by atoms with Gasteiger partial charge in [-0.1, -0.05) is 6.92 Å². The highest BCUT2D eigenvalue weighted by atomic mass is 16.5. The first-order chi connectivity index (χ1) is 10.7. The van der Waals surface area contributed by atoms with Gasteiger partial charge in [0.25, 0.3) is 0 Å². The predicted molar refractivity (Wildman–Crippen MR) is 85.6 cm³/mol. The molecular formula is C16H25N5O. The van der Waals surface area contributed by atoms with Crippen LogP contribution in [0.15, 0.2) is 6.07 Å². The molecule has 3 aliphatic rings. The summed E-state index contributed by atoms with van der Waals surface area (Å²) < 4.78 is 5.91. The second-order valence-corrected chi connectivity index (χ2v) is 7.08. The molecule has 6 nitrogen and oxygen atoms in total. The van der Waals surface area contributed by atoms with Crippen LogP contribution in [0.4, 0.5) is 11.8 Å². The van der Waals surface area contributed by atoms with Crippen molar-refractivity contribution in [2.45, 2.75) is 25.9 Å². The van der Waals surface area contributed by atoms with E-state index in [1.54, 1.807) is 0 Å². The lowest BCUT2D eigenvalue weighted by Gasteiger charge is -2.28. The van der Waals surface area contributed by atoms with E-state index < -0.39 is 0 Å². The molecule has 3 N–H and O–H groups in total. The van der Waals surface area contributed by atoms with Crippen LogP contribution in [-0.2, 0) is 4.74 Å². The quantitative estimate of drug-likeness (QED) is 0.855. The molecule has 0 saturated carbocycles. The van der Waals surface area contributed by atoms with Crippen LogP contribution in [-0.4, -0.2) is 42.8 Å². The molecule has 0 bridgehead atoms. The van der Waals surface area contributed by atoms with E-state index in [0.29, 0.717) is 11.9 Å². The highest BCUT2D eigenvalue weighted by molar-refractivity contribution is 5.45. The van der Waals surface area contributed by atoms with E-state index in [0.717, 1.165) is 69.0 Å². The standard InChI is InChI=1S/C16H25N5O/c1-10-2-3-22-14(4-10)13-5-15(20-16(17)19-13)21-8-11-6-18-7-12(11)9-21/h5,10-12,14,18H,2-4,6-9H2,1H3,(H2,17,19,20)/t10?,11-,12+,14?. The molecule has 6 heteroatoms. The maximum atomic E-state index is 5.97. The normalized spacial score (nSPS) is 34.9. The van der Waals surface area contributed by atoms with Crippen LogP contribution in [0.1, 0.15) is 31.6 Å². The third kappa shape index (κ3) is 2.65. The number of anilines is 2. The first-order valence-corrected chi connectivity index (χ1v) is 8.41. The summed E-state index contributed by atoms with van der Waals surface area (Å²) in [6.07, 6.45) is 2.22. The van der Waals surface area contributed by atoms with E-state index >= 15 is 0 Å². The van der Waals surface area contributed by atoms with Gasteiger partial charge in [0.1, 0.15) is 5.82 Å². The summed E-state index contributed by atoms with van der Waals surface area (Å²) in [7, 11) is 0. The summed E-state index contributed by atoms with van der Waals surface area (Å²) in [6, 6.07) is 2.09. The van der Waals surface area contributed by atoms with E-state index in [1.165, 1.54) is 0 Å². The molecule has 0 radical (unpaired) electrons. The number of nitrogens with one attached hydrogen (secondary N) is 1. The molecule has 3 fully saturated rings. The molecule has 4 atom stereocenters. The fourth-order valence-corrected chi connectivity index (χ4v) is 4.01. The van der Waals surface area contributed by atoms with E-state index in [9.17, 15) is 0 Å². The number of nitrogens with two attached hydrogens (primary N) is 1. The molecule has 22 heavy (non-hydrogen) atoms. The summed E-state index contributed by atoms with van der Waals surface area (Å²) in [5.74, 6) is 3.50. The maximum absolute atomic E-state index is 5.97. The van der Waals surface area contributed by atoms with Gasteiger partial charge in [0.05, 0.1) is 11.8 Å². The van der Waals surface area contributed by atoms with Crippen molar-refractivity contribution in [1.82, 2.24) is 15.3 Å². The Morgan fingerprint density at radius 2 is 2.05 bits per heavy atom. The van der Waals surface area contributed by atoms with Crippen LogP contribution in [0, 0.1) is 17.8 Å². The average molecular weight is 303 g/mol. The first kappa shape index (κ1) is 14.2. The molecule has 0 aliphatic carbocycles.